The number of aryl methyl sites for hydroxylation is 1. The second-order valence-electron chi connectivity index (χ2n) is 5.23. The Hall–Kier alpha value is -2.74. The number of hydrazone groups is 1. The van der Waals surface area contributed by atoms with Crippen LogP contribution in [0.1, 0.15) is 12.0 Å². The SMILES string of the molecule is COc1ccc(Br)cc1C=NNC(=O)CCn1nnc2ccccc21. The van der Waals surface area contributed by atoms with Gasteiger partial charge in [0.15, 0.2) is 0 Å². The molecule has 0 saturated heterocycles. The van der Waals surface area contributed by atoms with Gasteiger partial charge >= 0.3 is 0 Å². The first-order valence-electron chi connectivity index (χ1n) is 7.61. The lowest BCUT2D eigenvalue weighted by Crippen LogP contribution is -2.19. The number of aromatic nitrogens is 3. The maximum absolute atomic E-state index is 12.0. The highest BCUT2D eigenvalue weighted by atomic mass is 79.9. The van der Waals surface area contributed by atoms with Gasteiger partial charge in [0, 0.05) is 16.5 Å². The van der Waals surface area contributed by atoms with E-state index in [2.05, 4.69) is 36.8 Å². The van der Waals surface area contributed by atoms with Gasteiger partial charge in [0.1, 0.15) is 11.3 Å². The molecular weight excluding hydrogens is 386 g/mol. The highest BCUT2D eigenvalue weighted by Gasteiger charge is 2.06. The number of nitrogens with zero attached hydrogens (tertiary/aromatic N) is 4. The topological polar surface area (TPSA) is 81.4 Å². The van der Waals surface area contributed by atoms with Gasteiger partial charge in [-0.1, -0.05) is 33.3 Å². The van der Waals surface area contributed by atoms with E-state index < -0.39 is 0 Å². The average Bonchev–Trinajstić information content (AvgIpc) is 3.03. The van der Waals surface area contributed by atoms with E-state index in [9.17, 15) is 4.79 Å². The zero-order valence-electron chi connectivity index (χ0n) is 13.5. The summed E-state index contributed by atoms with van der Waals surface area (Å²) in [7, 11) is 1.58. The molecule has 0 bridgehead atoms. The van der Waals surface area contributed by atoms with Crippen LogP contribution in [0.2, 0.25) is 0 Å². The first kappa shape index (κ1) is 17.1. The molecule has 0 fully saturated rings. The van der Waals surface area contributed by atoms with Gasteiger partial charge < -0.3 is 4.74 Å². The normalized spacial score (nSPS) is 11.1. The number of rotatable bonds is 6. The van der Waals surface area contributed by atoms with Crippen LogP contribution in [0.4, 0.5) is 0 Å². The Bertz CT molecular complexity index is 922. The van der Waals surface area contributed by atoms with Crippen LogP contribution in [0.25, 0.3) is 11.0 Å². The number of fused-ring (bicyclic) bond motifs is 1. The Morgan fingerprint density at radius 2 is 2.20 bits per heavy atom. The lowest BCUT2D eigenvalue weighted by molar-refractivity contribution is -0.121. The molecule has 0 unspecified atom stereocenters. The summed E-state index contributed by atoms with van der Waals surface area (Å²) in [5.74, 6) is 0.472. The van der Waals surface area contributed by atoms with Crippen molar-refractivity contribution in [3.63, 3.8) is 0 Å². The third-order valence-electron chi connectivity index (χ3n) is 3.56. The predicted octanol–water partition coefficient (Wildman–Crippen LogP) is 2.74. The van der Waals surface area contributed by atoms with Gasteiger partial charge in [-0.25, -0.2) is 10.1 Å². The van der Waals surface area contributed by atoms with Crippen molar-refractivity contribution in [2.75, 3.05) is 7.11 Å². The Labute approximate surface area is 152 Å². The number of carbonyl (C=O) groups excluding carboxylic acids is 1. The van der Waals surface area contributed by atoms with Crippen molar-refractivity contribution >= 4 is 39.1 Å². The van der Waals surface area contributed by atoms with Crippen molar-refractivity contribution in [2.24, 2.45) is 5.10 Å². The van der Waals surface area contributed by atoms with Gasteiger partial charge in [-0.05, 0) is 30.3 Å². The Morgan fingerprint density at radius 3 is 3.04 bits per heavy atom. The fourth-order valence-electron chi connectivity index (χ4n) is 2.33. The number of benzene rings is 2. The van der Waals surface area contributed by atoms with Crippen molar-refractivity contribution < 1.29 is 9.53 Å². The quantitative estimate of drug-likeness (QED) is 0.508. The summed E-state index contributed by atoms with van der Waals surface area (Å²) in [6.45, 7) is 0.433. The molecule has 0 saturated carbocycles. The first-order valence-corrected chi connectivity index (χ1v) is 8.40. The average molecular weight is 402 g/mol. The Balaban J connectivity index is 1.57. The number of halogens is 1. The fourth-order valence-corrected chi connectivity index (χ4v) is 2.70. The molecule has 0 aliphatic carbocycles. The summed E-state index contributed by atoms with van der Waals surface area (Å²) < 4.78 is 7.86. The second-order valence-corrected chi connectivity index (χ2v) is 6.15. The minimum atomic E-state index is -0.204. The van der Waals surface area contributed by atoms with Gasteiger partial charge in [-0.3, -0.25) is 4.79 Å². The molecule has 0 atom stereocenters. The molecule has 3 rings (SSSR count). The van der Waals surface area contributed by atoms with Gasteiger partial charge in [0.2, 0.25) is 5.91 Å². The molecule has 2 aromatic carbocycles. The highest BCUT2D eigenvalue weighted by Crippen LogP contribution is 2.21. The molecule has 1 aromatic heterocycles. The van der Waals surface area contributed by atoms with Crippen molar-refractivity contribution in [2.45, 2.75) is 13.0 Å². The van der Waals surface area contributed by atoms with E-state index in [1.165, 1.54) is 0 Å². The Morgan fingerprint density at radius 1 is 1.36 bits per heavy atom. The maximum Gasteiger partial charge on any atom is 0.241 e. The molecule has 3 aromatic rings. The number of carbonyl (C=O) groups is 1. The molecule has 1 N–H and O–H groups in total. The third-order valence-corrected chi connectivity index (χ3v) is 4.05. The van der Waals surface area contributed by atoms with Crippen molar-refractivity contribution in [3.8, 4) is 5.75 Å². The summed E-state index contributed by atoms with van der Waals surface area (Å²) in [6, 6.07) is 13.2. The standard InChI is InChI=1S/C17H16BrN5O2/c1-25-16-7-6-13(18)10-12(16)11-19-21-17(24)8-9-23-15-5-3-2-4-14(15)20-22-23/h2-7,10-11H,8-9H2,1H3,(H,21,24). The largest absolute Gasteiger partial charge is 0.496 e. The number of methoxy groups -OCH3 is 1. The van der Waals surface area contributed by atoms with E-state index in [4.69, 9.17) is 4.74 Å². The smallest absolute Gasteiger partial charge is 0.241 e. The molecule has 0 radical (unpaired) electrons. The maximum atomic E-state index is 12.0. The third kappa shape index (κ3) is 4.21. The summed E-state index contributed by atoms with van der Waals surface area (Å²) in [6.07, 6.45) is 1.80. The number of nitrogens with one attached hydrogen (secondary N) is 1. The van der Waals surface area contributed by atoms with Crippen LogP contribution in [0.5, 0.6) is 5.75 Å². The molecule has 128 valence electrons. The van der Waals surface area contributed by atoms with E-state index >= 15 is 0 Å². The summed E-state index contributed by atoms with van der Waals surface area (Å²) in [5, 5.41) is 12.1. The van der Waals surface area contributed by atoms with Gasteiger partial charge in [0.05, 0.1) is 25.4 Å². The monoisotopic (exact) mass is 401 g/mol. The lowest BCUT2D eigenvalue weighted by atomic mass is 10.2. The van der Waals surface area contributed by atoms with Crippen LogP contribution in [0, 0.1) is 0 Å². The van der Waals surface area contributed by atoms with E-state index in [1.807, 2.05) is 42.5 Å². The van der Waals surface area contributed by atoms with Crippen molar-refractivity contribution in [3.05, 3.63) is 52.5 Å². The van der Waals surface area contributed by atoms with Crippen LogP contribution in [-0.4, -0.2) is 34.2 Å². The van der Waals surface area contributed by atoms with Gasteiger partial charge in [-0.2, -0.15) is 5.10 Å². The fraction of sp³-hybridized carbons (Fsp3) is 0.176. The number of amides is 1. The second kappa shape index (κ2) is 7.89. The minimum absolute atomic E-state index is 0.204. The van der Waals surface area contributed by atoms with E-state index in [0.717, 1.165) is 21.1 Å². The van der Waals surface area contributed by atoms with Gasteiger partial charge in [0.25, 0.3) is 0 Å². The zero-order chi connectivity index (χ0) is 17.6. The van der Waals surface area contributed by atoms with Gasteiger partial charge in [-0.15, -0.1) is 5.10 Å². The summed E-state index contributed by atoms with van der Waals surface area (Å²) >= 11 is 3.39. The molecule has 0 aliphatic rings. The highest BCUT2D eigenvalue weighted by molar-refractivity contribution is 9.10. The Kier molecular flexibility index (Phi) is 5.39. The molecule has 7 nitrogen and oxygen atoms in total. The van der Waals surface area contributed by atoms with Crippen LogP contribution < -0.4 is 10.2 Å². The number of para-hydroxylation sites is 1. The molecule has 1 heterocycles. The number of ether oxygens (including phenoxy) is 1. The van der Waals surface area contributed by atoms with Crippen LogP contribution in [0.15, 0.2) is 52.0 Å². The molecule has 25 heavy (non-hydrogen) atoms. The van der Waals surface area contributed by atoms with Crippen LogP contribution in [0.3, 0.4) is 0 Å². The number of hydrogen-bond donors (Lipinski definition) is 1. The van der Waals surface area contributed by atoms with Crippen LogP contribution in [-0.2, 0) is 11.3 Å². The summed E-state index contributed by atoms with van der Waals surface area (Å²) in [5.41, 5.74) is 4.98. The minimum Gasteiger partial charge on any atom is -0.496 e. The van der Waals surface area contributed by atoms with E-state index in [-0.39, 0.29) is 12.3 Å². The van der Waals surface area contributed by atoms with Crippen LogP contribution >= 0.6 is 15.9 Å². The van der Waals surface area contributed by atoms with Crippen molar-refractivity contribution in [1.29, 1.82) is 0 Å². The predicted molar refractivity (Wildman–Crippen MR) is 98.6 cm³/mol. The van der Waals surface area contributed by atoms with E-state index in [1.54, 1.807) is 18.0 Å². The number of hydrogen-bond acceptors (Lipinski definition) is 5. The first-order chi connectivity index (χ1) is 12.2. The zero-order valence-corrected chi connectivity index (χ0v) is 15.1. The summed E-state index contributed by atoms with van der Waals surface area (Å²) in [4.78, 5) is 12.0. The van der Waals surface area contributed by atoms with E-state index in [0.29, 0.717) is 12.3 Å². The molecule has 0 spiro atoms. The van der Waals surface area contributed by atoms with Crippen molar-refractivity contribution in [1.82, 2.24) is 20.4 Å². The molecule has 1 amide bonds. The molecule has 0 aliphatic heterocycles. The molecular formula is C17H16BrN5O2. The molecule has 8 heteroatoms. The lowest BCUT2D eigenvalue weighted by Gasteiger charge is -2.05.